The smallest absolute Gasteiger partial charge is 0.102 e. The molecule has 1 aliphatic rings. The van der Waals surface area contributed by atoms with Crippen molar-refractivity contribution in [1.82, 2.24) is 14.4 Å². The van der Waals surface area contributed by atoms with Crippen LogP contribution in [0.5, 0.6) is 0 Å². The molecule has 171 valence electrons. The van der Waals surface area contributed by atoms with Gasteiger partial charge in [0.05, 0.1) is 16.7 Å². The maximum atomic E-state index is 5.17. The van der Waals surface area contributed by atoms with E-state index in [1.807, 2.05) is 12.1 Å². The van der Waals surface area contributed by atoms with Crippen molar-refractivity contribution in [2.45, 2.75) is 78.6 Å². The van der Waals surface area contributed by atoms with Gasteiger partial charge in [0.25, 0.3) is 0 Å². The SMILES string of the molecule is CC(C)(C)c1nc2c(Br)cc[c-]c2c2nc3cc4c(cc3n12)C(C)(C)C(C)(C)C4(C)C.[Ir]. The summed E-state index contributed by atoms with van der Waals surface area (Å²) in [7, 11) is 0. The first-order valence-electron chi connectivity index (χ1n) is 11.1. The number of nitrogens with zero attached hydrogens (tertiary/aromatic N) is 3. The number of fused-ring (bicyclic) bond motifs is 6. The molecule has 2 aromatic heterocycles. The van der Waals surface area contributed by atoms with Crippen LogP contribution in [0.1, 0.15) is 79.3 Å². The molecule has 4 aromatic rings. The molecule has 0 atom stereocenters. The third-order valence-corrected chi connectivity index (χ3v) is 9.15. The first kappa shape index (κ1) is 23.9. The molecule has 0 amide bonds. The Morgan fingerprint density at radius 1 is 0.938 bits per heavy atom. The molecule has 0 aliphatic heterocycles. The fourth-order valence-corrected chi connectivity index (χ4v) is 5.82. The van der Waals surface area contributed by atoms with Crippen LogP contribution in [0.3, 0.4) is 0 Å². The summed E-state index contributed by atoms with van der Waals surface area (Å²) >= 11 is 3.69. The molecular weight excluding hydrogens is 638 g/mol. The summed E-state index contributed by atoms with van der Waals surface area (Å²) in [5, 5.41) is 0.956. The number of imidazole rings is 1. The van der Waals surface area contributed by atoms with Crippen LogP contribution in [-0.4, -0.2) is 14.4 Å². The maximum absolute atomic E-state index is 5.17. The fourth-order valence-electron chi connectivity index (χ4n) is 5.40. The third-order valence-electron chi connectivity index (χ3n) is 8.51. The first-order chi connectivity index (χ1) is 14.2. The topological polar surface area (TPSA) is 30.2 Å². The van der Waals surface area contributed by atoms with Gasteiger partial charge in [0.2, 0.25) is 0 Å². The number of halogens is 1. The Bertz CT molecular complexity index is 1400. The van der Waals surface area contributed by atoms with Gasteiger partial charge in [-0.1, -0.05) is 83.6 Å². The summed E-state index contributed by atoms with van der Waals surface area (Å²) < 4.78 is 3.25. The average molecular weight is 670 g/mol. The molecule has 0 unspecified atom stereocenters. The van der Waals surface area contributed by atoms with Crippen LogP contribution in [0.4, 0.5) is 0 Å². The van der Waals surface area contributed by atoms with E-state index in [0.717, 1.165) is 37.9 Å². The van der Waals surface area contributed by atoms with E-state index in [1.165, 1.54) is 11.1 Å². The van der Waals surface area contributed by atoms with Gasteiger partial charge in [0.1, 0.15) is 5.82 Å². The summed E-state index contributed by atoms with van der Waals surface area (Å²) in [5.74, 6) is 1.02. The van der Waals surface area contributed by atoms with Gasteiger partial charge in [-0.15, -0.1) is 18.2 Å². The van der Waals surface area contributed by atoms with Crippen LogP contribution in [0, 0.1) is 11.5 Å². The van der Waals surface area contributed by atoms with Gasteiger partial charge in [0, 0.05) is 25.5 Å². The second kappa shape index (κ2) is 6.87. The van der Waals surface area contributed by atoms with Crippen LogP contribution in [0.15, 0.2) is 28.7 Å². The van der Waals surface area contributed by atoms with Crippen molar-refractivity contribution in [1.29, 1.82) is 0 Å². The molecule has 3 nitrogen and oxygen atoms in total. The zero-order chi connectivity index (χ0) is 22.7. The van der Waals surface area contributed by atoms with E-state index in [9.17, 15) is 0 Å². The predicted molar refractivity (Wildman–Crippen MR) is 133 cm³/mol. The standard InChI is InChI=1S/C27H31BrN3.Ir/c1-24(2,3)23-30-21-15(11-10-12-18(21)28)22-29-19-13-16-17(14-20(19)31(22)23)26(6,7)27(8,9)25(16,4)5;/h10,12-14H,1-9H3;/q-1;. The summed E-state index contributed by atoms with van der Waals surface area (Å²) in [6.07, 6.45) is 0. The van der Waals surface area contributed by atoms with Crippen molar-refractivity contribution < 1.29 is 20.1 Å². The minimum atomic E-state index is -0.136. The van der Waals surface area contributed by atoms with Gasteiger partial charge < -0.3 is 4.40 Å². The van der Waals surface area contributed by atoms with Crippen molar-refractivity contribution in [2.75, 3.05) is 0 Å². The summed E-state index contributed by atoms with van der Waals surface area (Å²) in [6, 6.07) is 12.1. The van der Waals surface area contributed by atoms with Crippen molar-refractivity contribution in [2.24, 2.45) is 5.41 Å². The van der Waals surface area contributed by atoms with Crippen molar-refractivity contribution in [3.63, 3.8) is 0 Å². The van der Waals surface area contributed by atoms with Gasteiger partial charge in [-0.05, 0) is 49.5 Å². The Labute approximate surface area is 212 Å². The Balaban J connectivity index is 0.00000245. The molecule has 0 saturated carbocycles. The molecule has 2 aromatic carbocycles. The number of rotatable bonds is 0. The van der Waals surface area contributed by atoms with Crippen molar-refractivity contribution >= 4 is 43.5 Å². The average Bonchev–Trinajstić information content (AvgIpc) is 3.08. The molecule has 32 heavy (non-hydrogen) atoms. The van der Waals surface area contributed by atoms with Crippen LogP contribution in [-0.2, 0) is 36.4 Å². The van der Waals surface area contributed by atoms with E-state index in [-0.39, 0.29) is 41.8 Å². The minimum absolute atomic E-state index is 0. The second-order valence-electron chi connectivity index (χ2n) is 11.8. The minimum Gasteiger partial charge on any atom is -0.321 e. The summed E-state index contributed by atoms with van der Waals surface area (Å²) in [6.45, 7) is 21.0. The van der Waals surface area contributed by atoms with Gasteiger partial charge in [-0.2, -0.15) is 0 Å². The van der Waals surface area contributed by atoms with Crippen LogP contribution >= 0.6 is 15.9 Å². The number of benzene rings is 2. The molecular formula is C27H31BrIrN3-. The summed E-state index contributed by atoms with van der Waals surface area (Å²) in [5.41, 5.74) is 6.96. The zero-order valence-corrected chi connectivity index (χ0v) is 24.3. The quantitative estimate of drug-likeness (QED) is 0.182. The van der Waals surface area contributed by atoms with Crippen molar-refractivity contribution in [3.8, 4) is 0 Å². The molecule has 0 saturated heterocycles. The van der Waals surface area contributed by atoms with E-state index in [4.69, 9.17) is 9.97 Å². The predicted octanol–water partition coefficient (Wildman–Crippen LogP) is 7.49. The van der Waals surface area contributed by atoms with Gasteiger partial charge in [-0.3, -0.25) is 9.97 Å². The molecule has 1 aliphatic carbocycles. The van der Waals surface area contributed by atoms with E-state index < -0.39 is 0 Å². The molecule has 1 radical (unpaired) electrons. The summed E-state index contributed by atoms with van der Waals surface area (Å²) in [4.78, 5) is 10.3. The Hall–Kier alpha value is -1.29. The normalized spacial score (nSPS) is 18.8. The van der Waals surface area contributed by atoms with Crippen molar-refractivity contribution in [3.05, 3.63) is 51.8 Å². The molecule has 0 N–H and O–H groups in total. The molecule has 2 heterocycles. The van der Waals surface area contributed by atoms with Gasteiger partial charge in [0.15, 0.2) is 0 Å². The van der Waals surface area contributed by atoms with E-state index in [1.54, 1.807) is 0 Å². The Morgan fingerprint density at radius 3 is 2.12 bits per heavy atom. The molecule has 0 bridgehead atoms. The van der Waals surface area contributed by atoms with Gasteiger partial charge in [-0.25, -0.2) is 0 Å². The number of hydrogen-bond donors (Lipinski definition) is 0. The molecule has 5 heteroatoms. The van der Waals surface area contributed by atoms with E-state index >= 15 is 0 Å². The molecule has 0 spiro atoms. The molecule has 0 fully saturated rings. The Kier molecular flexibility index (Phi) is 5.12. The third kappa shape index (κ3) is 2.80. The maximum Gasteiger partial charge on any atom is 0.102 e. The first-order valence-corrected chi connectivity index (χ1v) is 11.9. The largest absolute Gasteiger partial charge is 0.321 e. The Morgan fingerprint density at radius 2 is 1.53 bits per heavy atom. The van der Waals surface area contributed by atoms with Crippen LogP contribution < -0.4 is 0 Å². The van der Waals surface area contributed by atoms with E-state index in [0.29, 0.717) is 0 Å². The fraction of sp³-hybridized carbons (Fsp3) is 0.481. The van der Waals surface area contributed by atoms with Gasteiger partial charge >= 0.3 is 0 Å². The van der Waals surface area contributed by atoms with Crippen LogP contribution in [0.25, 0.3) is 27.6 Å². The number of hydrogen-bond acceptors (Lipinski definition) is 2. The number of aromatic nitrogens is 3. The van der Waals surface area contributed by atoms with E-state index in [2.05, 4.69) is 101 Å². The zero-order valence-electron chi connectivity index (χ0n) is 20.4. The second-order valence-corrected chi connectivity index (χ2v) is 12.6. The molecule has 5 rings (SSSR count). The monoisotopic (exact) mass is 669 g/mol. The van der Waals surface area contributed by atoms with Crippen LogP contribution in [0.2, 0.25) is 0 Å².